The van der Waals surface area contributed by atoms with Crippen molar-refractivity contribution in [2.75, 3.05) is 25.5 Å². The summed E-state index contributed by atoms with van der Waals surface area (Å²) in [4.78, 5) is 27.3. The summed E-state index contributed by atoms with van der Waals surface area (Å²) in [6.07, 6.45) is 5.06. The first-order chi connectivity index (χ1) is 18.2. The van der Waals surface area contributed by atoms with Gasteiger partial charge < -0.3 is 18.9 Å². The van der Waals surface area contributed by atoms with E-state index in [0.717, 1.165) is 0 Å². The number of nitrogens with zero attached hydrogens (tertiary/aromatic N) is 7. The van der Waals surface area contributed by atoms with Gasteiger partial charge in [0.05, 0.1) is 32.8 Å². The lowest BCUT2D eigenvalue weighted by Gasteiger charge is -2.16. The van der Waals surface area contributed by atoms with Crippen molar-refractivity contribution < 1.29 is 14.2 Å². The fourth-order valence-corrected chi connectivity index (χ4v) is 4.28. The molecule has 1 aromatic carbocycles. The van der Waals surface area contributed by atoms with Crippen LogP contribution in [0.1, 0.15) is 12.7 Å². The zero-order valence-corrected chi connectivity index (χ0v) is 21.3. The Hall–Kier alpha value is -4.45. The summed E-state index contributed by atoms with van der Waals surface area (Å²) in [5, 5.41) is 0. The molecular weight excluding hydrogens is 492 g/mol. The Kier molecular flexibility index (Phi) is 7.26. The van der Waals surface area contributed by atoms with Gasteiger partial charge >= 0.3 is 0 Å². The number of imidazole rings is 1. The molecule has 0 amide bonds. The molecular formula is C25H24N8O3S. The molecule has 0 saturated carbocycles. The van der Waals surface area contributed by atoms with Gasteiger partial charge in [0.2, 0.25) is 5.88 Å². The zero-order valence-electron chi connectivity index (χ0n) is 20.5. The van der Waals surface area contributed by atoms with Gasteiger partial charge in [-0.15, -0.1) is 0 Å². The minimum Gasteiger partial charge on any atom is -0.494 e. The maximum Gasteiger partial charge on any atom is 0.213 e. The van der Waals surface area contributed by atoms with E-state index in [0.29, 0.717) is 69.9 Å². The van der Waals surface area contributed by atoms with E-state index in [9.17, 15) is 0 Å². The first-order valence-electron chi connectivity index (χ1n) is 11.4. The Morgan fingerprint density at radius 2 is 1.65 bits per heavy atom. The summed E-state index contributed by atoms with van der Waals surface area (Å²) in [7, 11) is 3.21. The van der Waals surface area contributed by atoms with E-state index < -0.39 is 0 Å². The maximum atomic E-state index is 5.70. The number of methoxy groups -OCH3 is 2. The second-order valence-corrected chi connectivity index (χ2v) is 8.32. The summed E-state index contributed by atoms with van der Waals surface area (Å²) in [5.74, 6) is 3.98. The monoisotopic (exact) mass is 516 g/mol. The molecule has 0 aliphatic rings. The van der Waals surface area contributed by atoms with Crippen molar-refractivity contribution >= 4 is 29.1 Å². The lowest BCUT2D eigenvalue weighted by Crippen LogP contribution is -2.06. The molecule has 0 unspecified atom stereocenters. The van der Waals surface area contributed by atoms with E-state index in [1.807, 2.05) is 41.8 Å². The van der Waals surface area contributed by atoms with Crippen LogP contribution in [0.4, 0.5) is 5.82 Å². The standard InChI is InChI=1S/C25H24N8O3S/c1-4-36-21-11-5-8-16(29-21)24-31-23-25(33(24)22-17(34-2)9-6-10-18(22)35-3)30-19(14-28-23)32-37-15-20-26-12-7-13-27-20/h5-14H,4,15H2,1-3H3,(H,30,32). The van der Waals surface area contributed by atoms with Crippen molar-refractivity contribution in [1.82, 2.24) is 34.5 Å². The lowest BCUT2D eigenvalue weighted by atomic mass is 10.2. The predicted octanol–water partition coefficient (Wildman–Crippen LogP) is 4.34. The van der Waals surface area contributed by atoms with Gasteiger partial charge in [-0.1, -0.05) is 12.1 Å². The smallest absolute Gasteiger partial charge is 0.213 e. The highest BCUT2D eigenvalue weighted by Crippen LogP contribution is 2.38. The Balaban J connectivity index is 1.63. The zero-order chi connectivity index (χ0) is 25.6. The highest BCUT2D eigenvalue weighted by molar-refractivity contribution is 7.99. The lowest BCUT2D eigenvalue weighted by molar-refractivity contribution is 0.327. The molecule has 0 spiro atoms. The van der Waals surface area contributed by atoms with Crippen molar-refractivity contribution in [1.29, 1.82) is 0 Å². The van der Waals surface area contributed by atoms with Crippen LogP contribution in [0.3, 0.4) is 0 Å². The molecule has 4 heterocycles. The fraction of sp³-hybridized carbons (Fsp3) is 0.200. The summed E-state index contributed by atoms with van der Waals surface area (Å²) in [5.41, 5.74) is 2.16. The minimum absolute atomic E-state index is 0.438. The van der Waals surface area contributed by atoms with Crippen LogP contribution < -0.4 is 18.9 Å². The molecule has 5 rings (SSSR count). The molecule has 0 bridgehead atoms. The van der Waals surface area contributed by atoms with Gasteiger partial charge in [-0.3, -0.25) is 4.57 Å². The molecule has 4 aromatic heterocycles. The predicted molar refractivity (Wildman–Crippen MR) is 141 cm³/mol. The van der Waals surface area contributed by atoms with Gasteiger partial charge in [0.25, 0.3) is 0 Å². The van der Waals surface area contributed by atoms with E-state index in [1.54, 1.807) is 44.9 Å². The number of aromatic nitrogens is 7. The Bertz CT molecular complexity index is 1490. The van der Waals surface area contributed by atoms with Crippen LogP contribution in [0.15, 0.2) is 61.1 Å². The second-order valence-electron chi connectivity index (χ2n) is 7.53. The number of nitrogens with one attached hydrogen (secondary N) is 1. The molecule has 11 nitrogen and oxygen atoms in total. The molecule has 0 saturated heterocycles. The van der Waals surface area contributed by atoms with Crippen molar-refractivity contribution in [3.05, 3.63) is 66.9 Å². The van der Waals surface area contributed by atoms with Gasteiger partial charge in [-0.05, 0) is 43.1 Å². The van der Waals surface area contributed by atoms with Crippen LogP contribution in [0.25, 0.3) is 28.5 Å². The van der Waals surface area contributed by atoms with Gasteiger partial charge in [0, 0.05) is 18.5 Å². The summed E-state index contributed by atoms with van der Waals surface area (Å²) >= 11 is 1.41. The van der Waals surface area contributed by atoms with Crippen molar-refractivity contribution in [3.8, 4) is 34.6 Å². The third-order valence-corrected chi connectivity index (χ3v) is 5.99. The third kappa shape index (κ3) is 5.09. The van der Waals surface area contributed by atoms with Crippen molar-refractivity contribution in [2.45, 2.75) is 12.7 Å². The topological polar surface area (TPSA) is 122 Å². The van der Waals surface area contributed by atoms with Gasteiger partial charge in [-0.2, -0.15) is 0 Å². The van der Waals surface area contributed by atoms with Crippen molar-refractivity contribution in [3.63, 3.8) is 0 Å². The normalized spacial score (nSPS) is 10.9. The number of hydrogen-bond acceptors (Lipinski definition) is 11. The number of anilines is 1. The molecule has 0 radical (unpaired) electrons. The highest BCUT2D eigenvalue weighted by atomic mass is 32.2. The number of fused-ring (bicyclic) bond motifs is 1. The van der Waals surface area contributed by atoms with Crippen LogP contribution in [0.2, 0.25) is 0 Å². The van der Waals surface area contributed by atoms with Crippen molar-refractivity contribution in [2.24, 2.45) is 0 Å². The van der Waals surface area contributed by atoms with E-state index in [2.05, 4.69) is 24.7 Å². The summed E-state index contributed by atoms with van der Waals surface area (Å²) in [6.45, 7) is 2.41. The van der Waals surface area contributed by atoms with Gasteiger partial charge in [0.1, 0.15) is 28.7 Å². The third-order valence-electron chi connectivity index (χ3n) is 5.24. The van der Waals surface area contributed by atoms with Crippen LogP contribution >= 0.6 is 11.9 Å². The van der Waals surface area contributed by atoms with E-state index >= 15 is 0 Å². The number of rotatable bonds is 10. The van der Waals surface area contributed by atoms with Crippen LogP contribution in [0, 0.1) is 0 Å². The Labute approximate surface area is 217 Å². The van der Waals surface area contributed by atoms with Crippen LogP contribution in [-0.2, 0) is 5.75 Å². The van der Waals surface area contributed by atoms with E-state index in [4.69, 9.17) is 24.2 Å². The van der Waals surface area contributed by atoms with Crippen LogP contribution in [0.5, 0.6) is 17.4 Å². The molecule has 0 fully saturated rings. The molecule has 5 aromatic rings. The number of pyridine rings is 1. The van der Waals surface area contributed by atoms with Gasteiger partial charge in [0.15, 0.2) is 22.9 Å². The molecule has 0 aliphatic carbocycles. The number of hydrogen-bond donors (Lipinski definition) is 1. The first kappa shape index (κ1) is 24.3. The molecule has 0 atom stereocenters. The van der Waals surface area contributed by atoms with Gasteiger partial charge in [-0.25, -0.2) is 29.9 Å². The number of benzene rings is 1. The van der Waals surface area contributed by atoms with E-state index in [1.165, 1.54) is 11.9 Å². The highest BCUT2D eigenvalue weighted by Gasteiger charge is 2.24. The number of ether oxygens (including phenoxy) is 3. The molecule has 1 N–H and O–H groups in total. The maximum absolute atomic E-state index is 5.70. The quantitative estimate of drug-likeness (QED) is 0.267. The summed E-state index contributed by atoms with van der Waals surface area (Å²) in [6, 6.07) is 12.9. The molecule has 12 heteroatoms. The molecule has 0 aliphatic heterocycles. The van der Waals surface area contributed by atoms with E-state index in [-0.39, 0.29) is 0 Å². The average molecular weight is 517 g/mol. The summed E-state index contributed by atoms with van der Waals surface area (Å²) < 4.78 is 22.1. The second kappa shape index (κ2) is 11.1. The Morgan fingerprint density at radius 3 is 2.38 bits per heavy atom. The Morgan fingerprint density at radius 1 is 0.892 bits per heavy atom. The first-order valence-corrected chi connectivity index (χ1v) is 12.4. The minimum atomic E-state index is 0.438. The largest absolute Gasteiger partial charge is 0.494 e. The fourth-order valence-electron chi connectivity index (χ4n) is 3.68. The molecule has 188 valence electrons. The molecule has 37 heavy (non-hydrogen) atoms. The SMILES string of the molecule is CCOc1cccc(-c2nc3ncc(NSCc4ncccn4)nc3n2-c2c(OC)cccc2OC)n1. The number of para-hydroxylation sites is 1. The average Bonchev–Trinajstić information content (AvgIpc) is 3.32. The van der Waals surface area contributed by atoms with Crippen LogP contribution in [-0.4, -0.2) is 55.3 Å².